The molecule has 1 heterocycles. The van der Waals surface area contributed by atoms with E-state index in [0.717, 1.165) is 26.9 Å². The van der Waals surface area contributed by atoms with Gasteiger partial charge >= 0.3 is 0 Å². The van der Waals surface area contributed by atoms with Crippen molar-refractivity contribution in [2.45, 2.75) is 6.61 Å². The molecule has 7 heteroatoms. The van der Waals surface area contributed by atoms with Crippen LogP contribution in [-0.2, 0) is 6.61 Å². The largest absolute Gasteiger partial charge is 0.489 e. The van der Waals surface area contributed by atoms with Gasteiger partial charge in [-0.05, 0) is 53.6 Å². The van der Waals surface area contributed by atoms with Crippen molar-refractivity contribution >= 4 is 28.1 Å². The molecule has 1 aromatic heterocycles. The first-order valence-corrected chi connectivity index (χ1v) is 10.4. The number of hydrazone groups is 1. The van der Waals surface area contributed by atoms with Gasteiger partial charge in [-0.25, -0.2) is 5.43 Å². The van der Waals surface area contributed by atoms with Crippen LogP contribution in [0.15, 0.2) is 94.5 Å². The second-order valence-corrected chi connectivity index (χ2v) is 7.64. The van der Waals surface area contributed by atoms with Gasteiger partial charge in [-0.2, -0.15) is 10.2 Å². The van der Waals surface area contributed by atoms with E-state index in [9.17, 15) is 4.79 Å². The van der Waals surface area contributed by atoms with Crippen molar-refractivity contribution in [3.05, 3.63) is 106 Å². The molecule has 0 bridgehead atoms. The summed E-state index contributed by atoms with van der Waals surface area (Å²) in [6, 6.07) is 26.9. The minimum Gasteiger partial charge on any atom is -0.489 e. The van der Waals surface area contributed by atoms with Crippen molar-refractivity contribution < 1.29 is 9.53 Å². The highest BCUT2D eigenvalue weighted by Gasteiger charge is 2.10. The molecule has 4 aromatic rings. The number of rotatable bonds is 7. The summed E-state index contributed by atoms with van der Waals surface area (Å²) in [5, 5.41) is 11.0. The van der Waals surface area contributed by atoms with Crippen molar-refractivity contribution in [2.75, 3.05) is 0 Å². The number of carbonyl (C=O) groups is 1. The van der Waals surface area contributed by atoms with E-state index in [1.165, 1.54) is 0 Å². The van der Waals surface area contributed by atoms with Gasteiger partial charge in [0.25, 0.3) is 5.91 Å². The molecule has 0 aliphatic rings. The zero-order valence-corrected chi connectivity index (χ0v) is 18.0. The molecule has 4 rings (SSSR count). The fourth-order valence-electron chi connectivity index (χ4n) is 2.86. The first-order valence-electron chi connectivity index (χ1n) is 9.59. The van der Waals surface area contributed by atoms with Gasteiger partial charge in [-0.1, -0.05) is 58.4 Å². The number of aromatic nitrogens is 2. The Labute approximate surface area is 188 Å². The summed E-state index contributed by atoms with van der Waals surface area (Å²) in [5.41, 5.74) is 6.34. The standard InChI is InChI=1S/C24H19BrN4O2/c25-20-8-4-7-18(13-20)15-26-29-24(30)23-14-22(27-28-23)19-9-11-21(12-10-19)31-16-17-5-2-1-3-6-17/h1-15H,16H2,(H,27,28)(H,29,30)/b26-15-. The SMILES string of the molecule is O=C(N/N=C\c1cccc(Br)c1)c1cc(-c2ccc(OCc3ccccc3)cc2)n[nH]1. The van der Waals surface area contributed by atoms with Crippen molar-refractivity contribution in [3.8, 4) is 17.0 Å². The molecule has 0 saturated carbocycles. The maximum absolute atomic E-state index is 12.3. The lowest BCUT2D eigenvalue weighted by Crippen LogP contribution is -2.17. The van der Waals surface area contributed by atoms with Gasteiger partial charge in [0.2, 0.25) is 0 Å². The molecule has 154 valence electrons. The summed E-state index contributed by atoms with van der Waals surface area (Å²) in [7, 11) is 0. The first-order chi connectivity index (χ1) is 15.2. The number of aromatic amines is 1. The average molecular weight is 475 g/mol. The highest BCUT2D eigenvalue weighted by molar-refractivity contribution is 9.10. The molecule has 0 aliphatic carbocycles. The number of halogens is 1. The quantitative estimate of drug-likeness (QED) is 0.286. The number of benzene rings is 3. The van der Waals surface area contributed by atoms with Crippen LogP contribution in [0.4, 0.5) is 0 Å². The summed E-state index contributed by atoms with van der Waals surface area (Å²) < 4.78 is 6.75. The fourth-order valence-corrected chi connectivity index (χ4v) is 3.28. The predicted octanol–water partition coefficient (Wildman–Crippen LogP) is 5.18. The molecular formula is C24H19BrN4O2. The second-order valence-electron chi connectivity index (χ2n) is 6.72. The summed E-state index contributed by atoms with van der Waals surface area (Å²) in [6.07, 6.45) is 1.58. The summed E-state index contributed by atoms with van der Waals surface area (Å²) in [6.45, 7) is 0.507. The first kappa shape index (κ1) is 20.6. The van der Waals surface area contributed by atoms with Crippen LogP contribution in [0.1, 0.15) is 21.6 Å². The Kier molecular flexibility index (Phi) is 6.54. The Morgan fingerprint density at radius 1 is 1.03 bits per heavy atom. The van der Waals surface area contributed by atoms with E-state index in [1.54, 1.807) is 12.3 Å². The molecule has 6 nitrogen and oxygen atoms in total. The summed E-state index contributed by atoms with van der Waals surface area (Å²) in [5.74, 6) is 0.399. The predicted molar refractivity (Wildman–Crippen MR) is 124 cm³/mol. The monoisotopic (exact) mass is 474 g/mol. The van der Waals surface area contributed by atoms with Crippen molar-refractivity contribution in [1.29, 1.82) is 0 Å². The van der Waals surface area contributed by atoms with E-state index in [0.29, 0.717) is 18.0 Å². The molecule has 0 spiro atoms. The minimum absolute atomic E-state index is 0.325. The van der Waals surface area contributed by atoms with Gasteiger partial charge in [0, 0.05) is 10.0 Å². The topological polar surface area (TPSA) is 79.4 Å². The summed E-state index contributed by atoms with van der Waals surface area (Å²) in [4.78, 5) is 12.3. The summed E-state index contributed by atoms with van der Waals surface area (Å²) >= 11 is 3.40. The molecule has 3 aromatic carbocycles. The molecular weight excluding hydrogens is 456 g/mol. The Bertz CT molecular complexity index is 1190. The molecule has 0 saturated heterocycles. The molecule has 0 atom stereocenters. The third kappa shape index (κ3) is 5.67. The van der Waals surface area contributed by atoms with Crippen molar-refractivity contribution in [1.82, 2.24) is 15.6 Å². The van der Waals surface area contributed by atoms with Crippen LogP contribution >= 0.6 is 15.9 Å². The molecule has 0 unspecified atom stereocenters. The number of H-pyrrole nitrogens is 1. The number of nitrogens with zero attached hydrogens (tertiary/aromatic N) is 2. The lowest BCUT2D eigenvalue weighted by molar-refractivity contribution is 0.0950. The Morgan fingerprint density at radius 2 is 1.84 bits per heavy atom. The number of amides is 1. The molecule has 2 N–H and O–H groups in total. The highest BCUT2D eigenvalue weighted by Crippen LogP contribution is 2.22. The number of nitrogens with one attached hydrogen (secondary N) is 2. The van der Waals surface area contributed by atoms with Gasteiger partial charge in [0.05, 0.1) is 11.9 Å². The maximum Gasteiger partial charge on any atom is 0.289 e. The number of hydrogen-bond donors (Lipinski definition) is 2. The number of carbonyl (C=O) groups excluding carboxylic acids is 1. The molecule has 0 radical (unpaired) electrons. The lowest BCUT2D eigenvalue weighted by Gasteiger charge is -2.06. The lowest BCUT2D eigenvalue weighted by atomic mass is 10.1. The smallest absolute Gasteiger partial charge is 0.289 e. The number of ether oxygens (including phenoxy) is 1. The van der Waals surface area contributed by atoms with Gasteiger partial charge in [-0.3, -0.25) is 9.89 Å². The Hall–Kier alpha value is -3.71. The van der Waals surface area contributed by atoms with E-state index in [1.807, 2.05) is 78.9 Å². The van der Waals surface area contributed by atoms with Crippen LogP contribution in [0.3, 0.4) is 0 Å². The zero-order valence-electron chi connectivity index (χ0n) is 16.5. The third-order valence-electron chi connectivity index (χ3n) is 4.45. The maximum atomic E-state index is 12.3. The molecule has 1 amide bonds. The van der Waals surface area contributed by atoms with Gasteiger partial charge in [0.15, 0.2) is 0 Å². The van der Waals surface area contributed by atoms with Crippen molar-refractivity contribution in [3.63, 3.8) is 0 Å². The highest BCUT2D eigenvalue weighted by atomic mass is 79.9. The van der Waals surface area contributed by atoms with Gasteiger partial charge < -0.3 is 4.74 Å². The van der Waals surface area contributed by atoms with E-state index in [2.05, 4.69) is 36.7 Å². The molecule has 0 fully saturated rings. The Balaban J connectivity index is 1.35. The molecule has 31 heavy (non-hydrogen) atoms. The Morgan fingerprint density at radius 3 is 2.61 bits per heavy atom. The van der Waals surface area contributed by atoms with Crippen LogP contribution in [0, 0.1) is 0 Å². The van der Waals surface area contributed by atoms with Crippen LogP contribution < -0.4 is 10.2 Å². The van der Waals surface area contributed by atoms with Crippen LogP contribution in [-0.4, -0.2) is 22.3 Å². The third-order valence-corrected chi connectivity index (χ3v) is 4.94. The van der Waals surface area contributed by atoms with Crippen LogP contribution in [0.25, 0.3) is 11.3 Å². The van der Waals surface area contributed by atoms with Gasteiger partial charge in [0.1, 0.15) is 18.1 Å². The fraction of sp³-hybridized carbons (Fsp3) is 0.0417. The normalized spacial score (nSPS) is 10.9. The zero-order chi connectivity index (χ0) is 21.5. The van der Waals surface area contributed by atoms with Gasteiger partial charge in [-0.15, -0.1) is 0 Å². The van der Waals surface area contributed by atoms with E-state index in [4.69, 9.17) is 4.74 Å². The minimum atomic E-state index is -0.368. The molecule has 0 aliphatic heterocycles. The second kappa shape index (κ2) is 9.86. The number of hydrogen-bond acceptors (Lipinski definition) is 4. The average Bonchev–Trinajstić information content (AvgIpc) is 3.29. The van der Waals surface area contributed by atoms with E-state index < -0.39 is 0 Å². The van der Waals surface area contributed by atoms with Crippen molar-refractivity contribution in [2.24, 2.45) is 5.10 Å². The van der Waals surface area contributed by atoms with E-state index >= 15 is 0 Å². The van der Waals surface area contributed by atoms with Crippen LogP contribution in [0.2, 0.25) is 0 Å². The van der Waals surface area contributed by atoms with E-state index in [-0.39, 0.29) is 5.91 Å². The van der Waals surface area contributed by atoms with Crippen LogP contribution in [0.5, 0.6) is 5.75 Å².